The third kappa shape index (κ3) is 3.37. The van der Waals surface area contributed by atoms with Crippen LogP contribution in [0.5, 0.6) is 5.75 Å². The SMILES string of the molecule is COc1cnc(CS(C)(=O)=O)nc1. The van der Waals surface area contributed by atoms with Gasteiger partial charge in [-0.1, -0.05) is 0 Å². The lowest BCUT2D eigenvalue weighted by Crippen LogP contribution is -2.04. The van der Waals surface area contributed by atoms with Crippen molar-refractivity contribution in [3.8, 4) is 5.75 Å². The summed E-state index contributed by atoms with van der Waals surface area (Å²) in [6.07, 6.45) is 4.02. The van der Waals surface area contributed by atoms with E-state index in [4.69, 9.17) is 4.74 Å². The first-order chi connectivity index (χ1) is 6.01. The van der Waals surface area contributed by atoms with E-state index in [0.29, 0.717) is 5.75 Å². The summed E-state index contributed by atoms with van der Waals surface area (Å²) in [5.74, 6) is 0.650. The first kappa shape index (κ1) is 9.91. The molecule has 0 aromatic carbocycles. The molecule has 5 nitrogen and oxygen atoms in total. The van der Waals surface area contributed by atoms with E-state index in [1.807, 2.05) is 0 Å². The molecule has 0 aliphatic heterocycles. The lowest BCUT2D eigenvalue weighted by molar-refractivity contribution is 0.410. The second-order valence-electron chi connectivity index (χ2n) is 2.61. The zero-order valence-electron chi connectivity index (χ0n) is 7.39. The van der Waals surface area contributed by atoms with E-state index >= 15 is 0 Å². The highest BCUT2D eigenvalue weighted by Crippen LogP contribution is 2.05. The van der Waals surface area contributed by atoms with Gasteiger partial charge in [0.1, 0.15) is 11.6 Å². The predicted molar refractivity (Wildman–Crippen MR) is 47.1 cm³/mol. The minimum absolute atomic E-state index is 0.142. The molecule has 0 saturated carbocycles. The molecular weight excluding hydrogens is 192 g/mol. The Morgan fingerprint density at radius 3 is 2.31 bits per heavy atom. The molecule has 6 heteroatoms. The number of ether oxygens (including phenoxy) is 1. The molecule has 1 rings (SSSR count). The van der Waals surface area contributed by atoms with Gasteiger partial charge in [-0.05, 0) is 0 Å². The summed E-state index contributed by atoms with van der Waals surface area (Å²) in [5, 5.41) is 0. The highest BCUT2D eigenvalue weighted by molar-refractivity contribution is 7.89. The minimum Gasteiger partial charge on any atom is -0.494 e. The van der Waals surface area contributed by atoms with Gasteiger partial charge >= 0.3 is 0 Å². The van der Waals surface area contributed by atoms with Crippen molar-refractivity contribution in [2.45, 2.75) is 5.75 Å². The van der Waals surface area contributed by atoms with Crippen LogP contribution in [0.1, 0.15) is 5.82 Å². The first-order valence-electron chi connectivity index (χ1n) is 3.54. The van der Waals surface area contributed by atoms with Crippen molar-refractivity contribution in [3.63, 3.8) is 0 Å². The van der Waals surface area contributed by atoms with E-state index in [1.165, 1.54) is 19.5 Å². The van der Waals surface area contributed by atoms with Gasteiger partial charge in [0.05, 0.1) is 19.5 Å². The summed E-state index contributed by atoms with van der Waals surface area (Å²) in [4.78, 5) is 7.64. The molecule has 0 spiro atoms. The third-order valence-corrected chi connectivity index (χ3v) is 2.09. The van der Waals surface area contributed by atoms with Crippen molar-refractivity contribution in [2.75, 3.05) is 13.4 Å². The topological polar surface area (TPSA) is 69.2 Å². The Balaban J connectivity index is 2.81. The average Bonchev–Trinajstić information content (AvgIpc) is 2.03. The zero-order valence-corrected chi connectivity index (χ0v) is 8.21. The molecule has 1 aromatic rings. The highest BCUT2D eigenvalue weighted by Gasteiger charge is 2.06. The summed E-state index contributed by atoms with van der Waals surface area (Å²) in [6.45, 7) is 0. The largest absolute Gasteiger partial charge is 0.494 e. The quantitative estimate of drug-likeness (QED) is 0.691. The molecule has 0 fully saturated rings. The monoisotopic (exact) mass is 202 g/mol. The number of aromatic nitrogens is 2. The number of hydrogen-bond acceptors (Lipinski definition) is 5. The van der Waals surface area contributed by atoms with Gasteiger partial charge in [0.2, 0.25) is 0 Å². The van der Waals surface area contributed by atoms with Crippen LogP contribution in [-0.2, 0) is 15.6 Å². The summed E-state index contributed by atoms with van der Waals surface area (Å²) < 4.78 is 26.5. The Kier molecular flexibility index (Phi) is 2.82. The van der Waals surface area contributed by atoms with E-state index < -0.39 is 9.84 Å². The number of rotatable bonds is 3. The van der Waals surface area contributed by atoms with Crippen LogP contribution in [0.4, 0.5) is 0 Å². The molecule has 72 valence electrons. The summed E-state index contributed by atoms with van der Waals surface area (Å²) in [5.41, 5.74) is 0. The average molecular weight is 202 g/mol. The summed E-state index contributed by atoms with van der Waals surface area (Å²) in [6, 6.07) is 0. The Hall–Kier alpha value is -1.17. The van der Waals surface area contributed by atoms with Crippen LogP contribution in [0.15, 0.2) is 12.4 Å². The van der Waals surface area contributed by atoms with Crippen LogP contribution in [0.2, 0.25) is 0 Å². The number of nitrogens with zero attached hydrogens (tertiary/aromatic N) is 2. The molecule has 0 amide bonds. The normalized spacial score (nSPS) is 11.2. The molecule has 1 aromatic heterocycles. The van der Waals surface area contributed by atoms with E-state index in [9.17, 15) is 8.42 Å². The van der Waals surface area contributed by atoms with Gasteiger partial charge in [-0.25, -0.2) is 18.4 Å². The molecule has 0 atom stereocenters. The Bertz CT molecular complexity index is 371. The van der Waals surface area contributed by atoms with Gasteiger partial charge in [0.15, 0.2) is 15.6 Å². The third-order valence-electron chi connectivity index (χ3n) is 1.31. The fourth-order valence-corrected chi connectivity index (χ4v) is 1.38. The molecule has 0 saturated heterocycles. The molecule has 13 heavy (non-hydrogen) atoms. The fourth-order valence-electron chi connectivity index (χ4n) is 0.757. The summed E-state index contributed by atoms with van der Waals surface area (Å²) >= 11 is 0. The Morgan fingerprint density at radius 1 is 1.38 bits per heavy atom. The van der Waals surface area contributed by atoms with E-state index in [2.05, 4.69) is 9.97 Å². The molecule has 1 heterocycles. The van der Waals surface area contributed by atoms with Crippen LogP contribution in [0.25, 0.3) is 0 Å². The summed E-state index contributed by atoms with van der Waals surface area (Å²) in [7, 11) is -1.57. The van der Waals surface area contributed by atoms with Crippen molar-refractivity contribution in [3.05, 3.63) is 18.2 Å². The van der Waals surface area contributed by atoms with Crippen LogP contribution >= 0.6 is 0 Å². The van der Waals surface area contributed by atoms with E-state index in [-0.39, 0.29) is 11.6 Å². The number of hydrogen-bond donors (Lipinski definition) is 0. The molecule has 0 bridgehead atoms. The van der Waals surface area contributed by atoms with Gasteiger partial charge in [-0.15, -0.1) is 0 Å². The van der Waals surface area contributed by atoms with Crippen molar-refractivity contribution >= 4 is 9.84 Å². The van der Waals surface area contributed by atoms with Gasteiger partial charge in [0, 0.05) is 6.26 Å². The Labute approximate surface area is 76.7 Å². The lowest BCUT2D eigenvalue weighted by Gasteiger charge is -1.99. The number of methoxy groups -OCH3 is 1. The fraction of sp³-hybridized carbons (Fsp3) is 0.429. The van der Waals surface area contributed by atoms with Gasteiger partial charge < -0.3 is 4.74 Å². The van der Waals surface area contributed by atoms with Gasteiger partial charge in [-0.3, -0.25) is 0 Å². The maximum Gasteiger partial charge on any atom is 0.155 e. The number of sulfone groups is 1. The zero-order chi connectivity index (χ0) is 9.90. The van der Waals surface area contributed by atoms with Crippen molar-refractivity contribution in [2.24, 2.45) is 0 Å². The van der Waals surface area contributed by atoms with Crippen LogP contribution in [-0.4, -0.2) is 31.8 Å². The smallest absolute Gasteiger partial charge is 0.155 e. The molecular formula is C7H10N2O3S. The molecule has 0 unspecified atom stereocenters. The first-order valence-corrected chi connectivity index (χ1v) is 5.60. The van der Waals surface area contributed by atoms with Crippen LogP contribution < -0.4 is 4.74 Å². The Morgan fingerprint density at radius 2 is 1.92 bits per heavy atom. The highest BCUT2D eigenvalue weighted by atomic mass is 32.2. The maximum atomic E-state index is 10.8. The second kappa shape index (κ2) is 3.69. The van der Waals surface area contributed by atoms with Crippen molar-refractivity contribution < 1.29 is 13.2 Å². The maximum absolute atomic E-state index is 10.8. The standard InChI is InChI=1S/C7H10N2O3S/c1-12-6-3-8-7(9-4-6)5-13(2,10)11/h3-4H,5H2,1-2H3. The molecule has 0 N–H and O–H groups in total. The predicted octanol–water partition coefficient (Wildman–Crippen LogP) is 0.0298. The van der Waals surface area contributed by atoms with Gasteiger partial charge in [-0.2, -0.15) is 0 Å². The second-order valence-corrected chi connectivity index (χ2v) is 4.75. The van der Waals surface area contributed by atoms with E-state index in [0.717, 1.165) is 6.26 Å². The van der Waals surface area contributed by atoms with Crippen molar-refractivity contribution in [1.82, 2.24) is 9.97 Å². The van der Waals surface area contributed by atoms with Crippen LogP contribution in [0, 0.1) is 0 Å². The van der Waals surface area contributed by atoms with Gasteiger partial charge in [0.25, 0.3) is 0 Å². The van der Waals surface area contributed by atoms with Crippen LogP contribution in [0.3, 0.4) is 0 Å². The molecule has 0 aliphatic rings. The molecule has 0 aliphatic carbocycles. The lowest BCUT2D eigenvalue weighted by atomic mass is 10.6. The molecule has 0 radical (unpaired) electrons. The minimum atomic E-state index is -3.06. The van der Waals surface area contributed by atoms with E-state index in [1.54, 1.807) is 0 Å². The van der Waals surface area contributed by atoms with Crippen molar-refractivity contribution in [1.29, 1.82) is 0 Å².